The summed E-state index contributed by atoms with van der Waals surface area (Å²) in [6.45, 7) is 1.35. The number of fused-ring (bicyclic) bond motifs is 1. The Kier molecular flexibility index (Phi) is 6.66. The van der Waals surface area contributed by atoms with Gasteiger partial charge in [-0.25, -0.2) is 4.39 Å². The molecule has 1 aliphatic heterocycles. The van der Waals surface area contributed by atoms with Gasteiger partial charge >= 0.3 is 0 Å². The number of para-hydroxylation sites is 1. The molecular formula is C25H26FN3O3. The summed E-state index contributed by atoms with van der Waals surface area (Å²) < 4.78 is 25.5. The van der Waals surface area contributed by atoms with E-state index >= 15 is 0 Å². The average molecular weight is 435 g/mol. The molecule has 0 fully saturated rings. The molecule has 1 aliphatic rings. The van der Waals surface area contributed by atoms with E-state index in [1.807, 2.05) is 49.3 Å². The molecule has 1 aromatic heterocycles. The van der Waals surface area contributed by atoms with Gasteiger partial charge in [-0.2, -0.15) is 0 Å². The van der Waals surface area contributed by atoms with E-state index in [0.29, 0.717) is 30.0 Å². The summed E-state index contributed by atoms with van der Waals surface area (Å²) in [5.41, 5.74) is 3.27. The number of nitrogens with zero attached hydrogens (tertiary/aromatic N) is 2. The highest BCUT2D eigenvalue weighted by atomic mass is 19.1. The number of pyridine rings is 1. The van der Waals surface area contributed by atoms with Crippen LogP contribution >= 0.6 is 0 Å². The Balaban J connectivity index is 1.53. The lowest BCUT2D eigenvalue weighted by molar-refractivity contribution is -0.121. The van der Waals surface area contributed by atoms with Crippen molar-refractivity contribution in [2.75, 3.05) is 39.2 Å². The molecule has 166 valence electrons. The smallest absolute Gasteiger partial charge is 0.231 e. The molecule has 3 aromatic rings. The number of aromatic nitrogens is 1. The minimum atomic E-state index is -0.418. The average Bonchev–Trinajstić information content (AvgIpc) is 2.80. The topological polar surface area (TPSA) is 63.7 Å². The van der Waals surface area contributed by atoms with Crippen LogP contribution in [-0.2, 0) is 11.2 Å². The monoisotopic (exact) mass is 435 g/mol. The molecule has 4 rings (SSSR count). The Bertz CT molecular complexity index is 1090. The highest BCUT2D eigenvalue weighted by Crippen LogP contribution is 2.33. The Labute approximate surface area is 187 Å². The maximum absolute atomic E-state index is 13.9. The Morgan fingerprint density at radius 3 is 2.78 bits per heavy atom. The van der Waals surface area contributed by atoms with E-state index in [1.54, 1.807) is 24.5 Å². The fraction of sp³-hybridized carbons (Fsp3) is 0.280. The lowest BCUT2D eigenvalue weighted by atomic mass is 9.95. The summed E-state index contributed by atoms with van der Waals surface area (Å²) in [5.74, 6) is -0.166. The van der Waals surface area contributed by atoms with Gasteiger partial charge in [0, 0.05) is 18.9 Å². The zero-order valence-electron chi connectivity index (χ0n) is 18.2. The number of benzene rings is 2. The summed E-state index contributed by atoms with van der Waals surface area (Å²) in [6.07, 6.45) is 3.90. The minimum Gasteiger partial charge on any atom is -0.490 e. The van der Waals surface area contributed by atoms with Crippen LogP contribution in [0.3, 0.4) is 0 Å². The number of likely N-dealkylation sites (N-methyl/N-ethyl adjacent to an activating group) is 1. The molecule has 0 radical (unpaired) electrons. The van der Waals surface area contributed by atoms with E-state index in [-0.39, 0.29) is 18.3 Å². The van der Waals surface area contributed by atoms with Gasteiger partial charge < -0.3 is 19.7 Å². The quantitative estimate of drug-likeness (QED) is 0.607. The van der Waals surface area contributed by atoms with Crippen molar-refractivity contribution in [2.45, 2.75) is 6.42 Å². The molecule has 1 N–H and O–H groups in total. The van der Waals surface area contributed by atoms with Gasteiger partial charge in [0.25, 0.3) is 0 Å². The number of nitrogens with one attached hydrogen (secondary N) is 1. The van der Waals surface area contributed by atoms with Gasteiger partial charge in [0.2, 0.25) is 5.91 Å². The predicted octanol–water partition coefficient (Wildman–Crippen LogP) is 4.02. The number of hydrogen-bond donors (Lipinski definition) is 1. The summed E-state index contributed by atoms with van der Waals surface area (Å²) in [5, 5.41) is 2.98. The van der Waals surface area contributed by atoms with Crippen molar-refractivity contribution in [1.29, 1.82) is 0 Å². The minimum absolute atomic E-state index is 0.131. The van der Waals surface area contributed by atoms with Crippen LogP contribution in [0.1, 0.15) is 5.56 Å². The van der Waals surface area contributed by atoms with Crippen LogP contribution in [0.4, 0.5) is 10.1 Å². The molecular weight excluding hydrogens is 409 g/mol. The maximum atomic E-state index is 13.9. The second kappa shape index (κ2) is 9.78. The third-order valence-corrected chi connectivity index (χ3v) is 5.36. The lowest BCUT2D eigenvalue weighted by Gasteiger charge is -2.25. The molecule has 0 bridgehead atoms. The molecule has 6 nitrogen and oxygen atoms in total. The molecule has 0 saturated carbocycles. The third-order valence-electron chi connectivity index (χ3n) is 5.36. The van der Waals surface area contributed by atoms with Gasteiger partial charge in [0.1, 0.15) is 19.0 Å². The van der Waals surface area contributed by atoms with E-state index in [4.69, 9.17) is 9.47 Å². The molecule has 2 heterocycles. The normalized spacial score (nSPS) is 15.1. The van der Waals surface area contributed by atoms with Gasteiger partial charge in [-0.05, 0) is 67.5 Å². The zero-order chi connectivity index (χ0) is 22.5. The van der Waals surface area contributed by atoms with Crippen LogP contribution in [0.15, 0.2) is 60.9 Å². The molecule has 1 unspecified atom stereocenters. The summed E-state index contributed by atoms with van der Waals surface area (Å²) >= 11 is 0. The number of ether oxygens (including phenoxy) is 2. The number of hydrogen-bond acceptors (Lipinski definition) is 5. The molecule has 7 heteroatoms. The fourth-order valence-electron chi connectivity index (χ4n) is 3.59. The first-order valence-corrected chi connectivity index (χ1v) is 10.5. The maximum Gasteiger partial charge on any atom is 0.231 e. The van der Waals surface area contributed by atoms with E-state index < -0.39 is 11.7 Å². The Hall–Kier alpha value is -3.45. The second-order valence-electron chi connectivity index (χ2n) is 8.03. The Morgan fingerprint density at radius 2 is 2.00 bits per heavy atom. The van der Waals surface area contributed by atoms with Gasteiger partial charge in [-0.3, -0.25) is 9.78 Å². The Morgan fingerprint density at radius 1 is 1.19 bits per heavy atom. The molecule has 0 aliphatic carbocycles. The fourth-order valence-corrected chi connectivity index (χ4v) is 3.59. The van der Waals surface area contributed by atoms with E-state index in [9.17, 15) is 9.18 Å². The largest absolute Gasteiger partial charge is 0.490 e. The van der Waals surface area contributed by atoms with Crippen molar-refractivity contribution >= 4 is 11.6 Å². The van der Waals surface area contributed by atoms with Crippen molar-refractivity contribution < 1.29 is 18.7 Å². The molecule has 1 amide bonds. The third kappa shape index (κ3) is 5.06. The zero-order valence-corrected chi connectivity index (χ0v) is 18.2. The van der Waals surface area contributed by atoms with Crippen LogP contribution in [-0.4, -0.2) is 49.6 Å². The first kappa shape index (κ1) is 21.8. The first-order valence-electron chi connectivity index (χ1n) is 10.5. The molecule has 0 saturated heterocycles. The van der Waals surface area contributed by atoms with Crippen LogP contribution < -0.4 is 14.8 Å². The van der Waals surface area contributed by atoms with E-state index in [2.05, 4.69) is 10.3 Å². The van der Waals surface area contributed by atoms with Crippen LogP contribution in [0.2, 0.25) is 0 Å². The molecule has 0 spiro atoms. The number of amides is 1. The van der Waals surface area contributed by atoms with Crippen molar-refractivity contribution in [3.05, 3.63) is 72.3 Å². The van der Waals surface area contributed by atoms with Gasteiger partial charge in [0.15, 0.2) is 11.6 Å². The van der Waals surface area contributed by atoms with Crippen molar-refractivity contribution in [3.63, 3.8) is 0 Å². The molecule has 1 atom stereocenters. The van der Waals surface area contributed by atoms with Crippen LogP contribution in [0.5, 0.6) is 11.5 Å². The SMILES string of the molecule is CN(C)CCOc1cc(-c2ccncc2)ccc1NC(=O)C1COc2c(F)cccc2C1. The van der Waals surface area contributed by atoms with Gasteiger partial charge in [-0.1, -0.05) is 18.2 Å². The van der Waals surface area contributed by atoms with Crippen molar-refractivity contribution in [3.8, 4) is 22.6 Å². The number of carbonyl (C=O) groups excluding carboxylic acids is 1. The van der Waals surface area contributed by atoms with Crippen LogP contribution in [0.25, 0.3) is 11.1 Å². The number of rotatable bonds is 7. The highest BCUT2D eigenvalue weighted by molar-refractivity contribution is 5.95. The molecule has 2 aromatic carbocycles. The standard InChI is InChI=1S/C25H26FN3O3/c1-29(2)12-13-31-23-15-18(17-8-10-27-11-9-17)6-7-22(23)28-25(30)20-14-19-4-3-5-21(26)24(19)32-16-20/h3-11,15,20H,12-14,16H2,1-2H3,(H,28,30). The number of anilines is 1. The van der Waals surface area contributed by atoms with E-state index in [0.717, 1.165) is 17.7 Å². The summed E-state index contributed by atoms with van der Waals surface area (Å²) in [7, 11) is 3.95. The van der Waals surface area contributed by atoms with Crippen molar-refractivity contribution in [2.24, 2.45) is 5.92 Å². The van der Waals surface area contributed by atoms with Gasteiger partial charge in [0.05, 0.1) is 11.6 Å². The van der Waals surface area contributed by atoms with E-state index in [1.165, 1.54) is 6.07 Å². The highest BCUT2D eigenvalue weighted by Gasteiger charge is 2.28. The van der Waals surface area contributed by atoms with Gasteiger partial charge in [-0.15, -0.1) is 0 Å². The lowest BCUT2D eigenvalue weighted by Crippen LogP contribution is -2.33. The van der Waals surface area contributed by atoms with Crippen molar-refractivity contribution in [1.82, 2.24) is 9.88 Å². The number of carbonyl (C=O) groups is 1. The summed E-state index contributed by atoms with van der Waals surface area (Å²) in [6, 6.07) is 14.3. The van der Waals surface area contributed by atoms with Crippen LogP contribution in [0, 0.1) is 11.7 Å². The number of halogens is 1. The second-order valence-corrected chi connectivity index (χ2v) is 8.03. The summed E-state index contributed by atoms with van der Waals surface area (Å²) in [4.78, 5) is 19.1. The predicted molar refractivity (Wildman–Crippen MR) is 121 cm³/mol. The molecule has 32 heavy (non-hydrogen) atoms. The first-order chi connectivity index (χ1) is 15.5.